The number of anilines is 2. The number of nitrogens with zero attached hydrogens (tertiary/aromatic N) is 5. The normalized spacial score (nSPS) is 10.8. The van der Waals surface area contributed by atoms with Crippen molar-refractivity contribution in [1.82, 2.24) is 19.6 Å². The molecule has 0 fully saturated rings. The van der Waals surface area contributed by atoms with Gasteiger partial charge in [0.15, 0.2) is 11.5 Å². The van der Waals surface area contributed by atoms with Crippen molar-refractivity contribution in [3.05, 3.63) is 71.5 Å². The average molecular weight is 393 g/mol. The first-order valence-electron chi connectivity index (χ1n) is 8.58. The molecule has 0 atom stereocenters. The summed E-state index contributed by atoms with van der Waals surface area (Å²) < 4.78 is 1.67. The van der Waals surface area contributed by atoms with Crippen LogP contribution in [0.4, 0.5) is 11.5 Å². The van der Waals surface area contributed by atoms with Crippen LogP contribution >= 0.6 is 11.6 Å². The van der Waals surface area contributed by atoms with Gasteiger partial charge in [0, 0.05) is 43.2 Å². The quantitative estimate of drug-likeness (QED) is 0.535. The van der Waals surface area contributed by atoms with Crippen molar-refractivity contribution in [3.63, 3.8) is 0 Å². The van der Waals surface area contributed by atoms with Gasteiger partial charge in [0.25, 0.3) is 5.91 Å². The van der Waals surface area contributed by atoms with Crippen LogP contribution in [0.2, 0.25) is 5.15 Å². The van der Waals surface area contributed by atoms with Crippen molar-refractivity contribution in [2.75, 3.05) is 24.3 Å². The molecule has 0 saturated heterocycles. The highest BCUT2D eigenvalue weighted by atomic mass is 35.5. The first kappa shape index (κ1) is 17.9. The Morgan fingerprint density at radius 3 is 2.61 bits per heavy atom. The van der Waals surface area contributed by atoms with E-state index in [4.69, 9.17) is 11.6 Å². The van der Waals surface area contributed by atoms with Crippen LogP contribution < -0.4 is 10.2 Å². The van der Waals surface area contributed by atoms with E-state index in [-0.39, 0.29) is 11.1 Å². The molecule has 1 N–H and O–H groups in total. The number of hydrogen-bond acceptors (Lipinski definition) is 5. The van der Waals surface area contributed by atoms with E-state index >= 15 is 0 Å². The molecule has 0 unspecified atom stereocenters. The first-order chi connectivity index (χ1) is 13.5. The summed E-state index contributed by atoms with van der Waals surface area (Å²) in [4.78, 5) is 23.2. The van der Waals surface area contributed by atoms with Gasteiger partial charge in [-0.25, -0.2) is 14.5 Å². The van der Waals surface area contributed by atoms with E-state index in [0.717, 1.165) is 5.56 Å². The summed E-state index contributed by atoms with van der Waals surface area (Å²) in [6, 6.07) is 16.5. The summed E-state index contributed by atoms with van der Waals surface area (Å²) >= 11 is 6.04. The van der Waals surface area contributed by atoms with E-state index in [1.807, 2.05) is 44.4 Å². The molecule has 0 saturated carbocycles. The van der Waals surface area contributed by atoms with Gasteiger partial charge in [0.1, 0.15) is 11.0 Å². The van der Waals surface area contributed by atoms with Gasteiger partial charge in [-0.15, -0.1) is 5.10 Å². The highest BCUT2D eigenvalue weighted by molar-refractivity contribution is 6.30. The fourth-order valence-corrected chi connectivity index (χ4v) is 2.92. The molecule has 0 bridgehead atoms. The minimum atomic E-state index is -0.278. The number of halogens is 1. The van der Waals surface area contributed by atoms with Crippen LogP contribution in [0, 0.1) is 0 Å². The van der Waals surface area contributed by atoms with Gasteiger partial charge in [-0.3, -0.25) is 4.79 Å². The van der Waals surface area contributed by atoms with Gasteiger partial charge < -0.3 is 10.2 Å². The molecule has 0 radical (unpaired) electrons. The van der Waals surface area contributed by atoms with Crippen molar-refractivity contribution in [3.8, 4) is 11.4 Å². The number of pyridine rings is 2. The summed E-state index contributed by atoms with van der Waals surface area (Å²) in [5.41, 5.74) is 2.61. The molecule has 7 nitrogen and oxygen atoms in total. The molecule has 0 aliphatic carbocycles. The van der Waals surface area contributed by atoms with Crippen molar-refractivity contribution in [2.24, 2.45) is 0 Å². The van der Waals surface area contributed by atoms with E-state index in [1.54, 1.807) is 33.8 Å². The second kappa shape index (κ2) is 7.28. The highest BCUT2D eigenvalue weighted by Crippen LogP contribution is 2.20. The summed E-state index contributed by atoms with van der Waals surface area (Å²) in [6.45, 7) is 0. The van der Waals surface area contributed by atoms with Gasteiger partial charge in [-0.05, 0) is 18.2 Å². The fraction of sp³-hybridized carbons (Fsp3) is 0.100. The Hall–Kier alpha value is -3.45. The van der Waals surface area contributed by atoms with Gasteiger partial charge in [-0.1, -0.05) is 41.9 Å². The predicted octanol–water partition coefficient (Wildman–Crippen LogP) is 3.76. The molecular formula is C20H17ClN6O. The topological polar surface area (TPSA) is 75.4 Å². The lowest BCUT2D eigenvalue weighted by Crippen LogP contribution is -2.15. The number of rotatable bonds is 4. The molecule has 4 rings (SSSR count). The monoisotopic (exact) mass is 392 g/mol. The summed E-state index contributed by atoms with van der Waals surface area (Å²) in [6.07, 6.45) is 1.76. The zero-order valence-electron chi connectivity index (χ0n) is 15.3. The maximum absolute atomic E-state index is 12.6. The summed E-state index contributed by atoms with van der Waals surface area (Å²) in [7, 11) is 3.67. The Morgan fingerprint density at radius 2 is 1.86 bits per heavy atom. The van der Waals surface area contributed by atoms with Crippen LogP contribution in [0.15, 0.2) is 60.8 Å². The van der Waals surface area contributed by atoms with Crippen molar-refractivity contribution < 1.29 is 4.79 Å². The number of amides is 1. The number of fused-ring (bicyclic) bond motifs is 1. The van der Waals surface area contributed by atoms with Crippen LogP contribution in [0.3, 0.4) is 0 Å². The smallest absolute Gasteiger partial charge is 0.255 e. The number of carbonyl (C=O) groups is 1. The number of carbonyl (C=O) groups excluding carboxylic acids is 1. The molecule has 0 aliphatic heterocycles. The third-order valence-corrected chi connectivity index (χ3v) is 4.32. The number of hydrogen-bond donors (Lipinski definition) is 1. The predicted molar refractivity (Wildman–Crippen MR) is 110 cm³/mol. The fourth-order valence-electron chi connectivity index (χ4n) is 2.72. The second-order valence-electron chi connectivity index (χ2n) is 6.40. The number of benzene rings is 1. The van der Waals surface area contributed by atoms with E-state index in [9.17, 15) is 4.79 Å². The highest BCUT2D eigenvalue weighted by Gasteiger charge is 2.12. The lowest BCUT2D eigenvalue weighted by molar-refractivity contribution is 0.102. The molecule has 1 aromatic carbocycles. The lowest BCUT2D eigenvalue weighted by Gasteiger charge is -2.13. The Morgan fingerprint density at radius 1 is 1.07 bits per heavy atom. The third-order valence-electron chi connectivity index (χ3n) is 4.13. The number of aromatic nitrogens is 4. The molecule has 3 heterocycles. The lowest BCUT2D eigenvalue weighted by atomic mass is 10.2. The van der Waals surface area contributed by atoms with Crippen molar-refractivity contribution in [2.45, 2.75) is 0 Å². The second-order valence-corrected chi connectivity index (χ2v) is 6.79. The third kappa shape index (κ3) is 3.65. The Balaban J connectivity index is 1.60. The summed E-state index contributed by atoms with van der Waals surface area (Å²) in [5.74, 6) is 0.957. The molecule has 0 spiro atoms. The van der Waals surface area contributed by atoms with Crippen LogP contribution in [-0.2, 0) is 0 Å². The maximum atomic E-state index is 12.6. The van der Waals surface area contributed by atoms with Gasteiger partial charge in [0.2, 0.25) is 0 Å². The Labute approximate surface area is 166 Å². The first-order valence-corrected chi connectivity index (χ1v) is 8.95. The zero-order valence-corrected chi connectivity index (χ0v) is 16.1. The van der Waals surface area contributed by atoms with Crippen LogP contribution in [0.25, 0.3) is 17.0 Å². The SMILES string of the molecule is CN(C)c1cc(C(=O)Nc2ccn3nc(-c4ccccc4)nc3c2)cc(Cl)n1. The minimum absolute atomic E-state index is 0.261. The van der Waals surface area contributed by atoms with E-state index < -0.39 is 0 Å². The van der Waals surface area contributed by atoms with E-state index in [2.05, 4.69) is 20.4 Å². The standard InChI is InChI=1S/C20H17ClN6O/c1-26(2)17-11-14(10-16(21)23-17)20(28)22-15-8-9-27-18(12-15)24-19(25-27)13-6-4-3-5-7-13/h3-12H,1-2H3,(H,22,28). The van der Waals surface area contributed by atoms with E-state index in [1.165, 1.54) is 6.07 Å². The van der Waals surface area contributed by atoms with Gasteiger partial charge in [0.05, 0.1) is 0 Å². The molecule has 4 aromatic rings. The number of nitrogens with one attached hydrogen (secondary N) is 1. The molecule has 140 valence electrons. The Kier molecular flexibility index (Phi) is 4.67. The van der Waals surface area contributed by atoms with Gasteiger partial charge >= 0.3 is 0 Å². The van der Waals surface area contributed by atoms with Crippen LogP contribution in [-0.4, -0.2) is 39.6 Å². The largest absolute Gasteiger partial charge is 0.363 e. The minimum Gasteiger partial charge on any atom is -0.363 e. The molecule has 3 aromatic heterocycles. The van der Waals surface area contributed by atoms with E-state index in [0.29, 0.717) is 28.5 Å². The average Bonchev–Trinajstić information content (AvgIpc) is 3.11. The zero-order chi connectivity index (χ0) is 19.7. The van der Waals surface area contributed by atoms with Crippen molar-refractivity contribution in [1.29, 1.82) is 0 Å². The molecule has 8 heteroatoms. The van der Waals surface area contributed by atoms with Crippen molar-refractivity contribution >= 4 is 34.7 Å². The van der Waals surface area contributed by atoms with Gasteiger partial charge in [-0.2, -0.15) is 0 Å². The molecule has 1 amide bonds. The maximum Gasteiger partial charge on any atom is 0.255 e. The molecular weight excluding hydrogens is 376 g/mol. The molecule has 0 aliphatic rings. The summed E-state index contributed by atoms with van der Waals surface area (Å²) in [5, 5.41) is 7.59. The van der Waals surface area contributed by atoms with Crippen LogP contribution in [0.5, 0.6) is 0 Å². The van der Waals surface area contributed by atoms with Crippen LogP contribution in [0.1, 0.15) is 10.4 Å². The molecule has 28 heavy (non-hydrogen) atoms. The Bertz CT molecular complexity index is 1160.